The Morgan fingerprint density at radius 3 is 3.24 bits per heavy atom. The highest BCUT2D eigenvalue weighted by molar-refractivity contribution is 9.10. The fourth-order valence-electron chi connectivity index (χ4n) is 1.78. The fraction of sp³-hybridized carbons (Fsp3) is 0.600. The van der Waals surface area contributed by atoms with Crippen molar-refractivity contribution in [1.82, 2.24) is 9.97 Å². The first kappa shape index (κ1) is 12.5. The molecule has 94 valence electrons. The standard InChI is InChI=1S/C10H15BrN4O2/c1-6(12)7-4-15(2-3-17-7)9-8(11)10(16)14-5-13-9/h5-7H,2-4,12H2,1H3,(H,13,14,16). The molecule has 1 aromatic rings. The van der Waals surface area contributed by atoms with Crippen molar-refractivity contribution < 1.29 is 4.74 Å². The Morgan fingerprint density at radius 2 is 2.53 bits per heavy atom. The van der Waals surface area contributed by atoms with E-state index in [1.54, 1.807) is 0 Å². The minimum absolute atomic E-state index is 0.0308. The van der Waals surface area contributed by atoms with E-state index in [0.29, 0.717) is 30.0 Å². The summed E-state index contributed by atoms with van der Waals surface area (Å²) in [6.07, 6.45) is 1.37. The van der Waals surface area contributed by atoms with Gasteiger partial charge in [0.15, 0.2) is 0 Å². The number of nitrogens with zero attached hydrogens (tertiary/aromatic N) is 2. The number of aromatic nitrogens is 2. The molecule has 1 aromatic heterocycles. The van der Waals surface area contributed by atoms with Gasteiger partial charge < -0.3 is 20.4 Å². The molecule has 7 heteroatoms. The zero-order chi connectivity index (χ0) is 12.4. The average Bonchev–Trinajstić information content (AvgIpc) is 2.33. The van der Waals surface area contributed by atoms with Gasteiger partial charge in [-0.2, -0.15) is 0 Å². The van der Waals surface area contributed by atoms with E-state index in [2.05, 4.69) is 25.9 Å². The summed E-state index contributed by atoms with van der Waals surface area (Å²) in [6, 6.07) is -0.0430. The monoisotopic (exact) mass is 302 g/mol. The van der Waals surface area contributed by atoms with Gasteiger partial charge in [0.1, 0.15) is 10.3 Å². The number of nitrogens with one attached hydrogen (secondary N) is 1. The Bertz CT molecular complexity index is 448. The van der Waals surface area contributed by atoms with E-state index >= 15 is 0 Å². The van der Waals surface area contributed by atoms with E-state index in [-0.39, 0.29) is 17.7 Å². The molecule has 0 radical (unpaired) electrons. The molecule has 0 saturated carbocycles. The van der Waals surface area contributed by atoms with E-state index < -0.39 is 0 Å². The van der Waals surface area contributed by atoms with Crippen LogP contribution in [0.4, 0.5) is 5.82 Å². The van der Waals surface area contributed by atoms with E-state index in [1.165, 1.54) is 6.33 Å². The van der Waals surface area contributed by atoms with Gasteiger partial charge in [-0.05, 0) is 22.9 Å². The van der Waals surface area contributed by atoms with Crippen LogP contribution < -0.4 is 16.2 Å². The van der Waals surface area contributed by atoms with Crippen molar-refractivity contribution in [1.29, 1.82) is 0 Å². The summed E-state index contributed by atoms with van der Waals surface area (Å²) < 4.78 is 6.01. The van der Waals surface area contributed by atoms with E-state index in [1.807, 2.05) is 11.8 Å². The highest BCUT2D eigenvalue weighted by Crippen LogP contribution is 2.21. The Balaban J connectivity index is 2.22. The topological polar surface area (TPSA) is 84.2 Å². The van der Waals surface area contributed by atoms with Crippen molar-refractivity contribution in [2.75, 3.05) is 24.6 Å². The third-order valence-electron chi connectivity index (χ3n) is 2.76. The van der Waals surface area contributed by atoms with Crippen molar-refractivity contribution in [3.05, 3.63) is 21.2 Å². The first-order valence-electron chi connectivity index (χ1n) is 5.45. The van der Waals surface area contributed by atoms with Gasteiger partial charge in [0.2, 0.25) is 0 Å². The van der Waals surface area contributed by atoms with E-state index in [0.717, 1.165) is 0 Å². The number of anilines is 1. The largest absolute Gasteiger partial charge is 0.373 e. The third-order valence-corrected chi connectivity index (χ3v) is 3.47. The molecule has 3 N–H and O–H groups in total. The summed E-state index contributed by atoms with van der Waals surface area (Å²) in [5.74, 6) is 0.641. The number of hydrogen-bond acceptors (Lipinski definition) is 5. The molecule has 2 heterocycles. The SMILES string of the molecule is CC(N)C1CN(c2nc[nH]c(=O)c2Br)CCO1. The first-order valence-corrected chi connectivity index (χ1v) is 6.24. The molecule has 0 amide bonds. The summed E-state index contributed by atoms with van der Waals surface area (Å²) in [5, 5.41) is 0. The molecule has 2 atom stereocenters. The number of halogens is 1. The molecule has 6 nitrogen and oxygen atoms in total. The molecule has 0 bridgehead atoms. The van der Waals surface area contributed by atoms with Gasteiger partial charge in [-0.25, -0.2) is 4.98 Å². The molecule has 1 aliphatic rings. The number of nitrogens with two attached hydrogens (primary N) is 1. The quantitative estimate of drug-likeness (QED) is 0.808. The van der Waals surface area contributed by atoms with Crippen LogP contribution in [0.5, 0.6) is 0 Å². The van der Waals surface area contributed by atoms with Crippen LogP contribution in [-0.4, -0.2) is 41.8 Å². The number of H-pyrrole nitrogens is 1. The van der Waals surface area contributed by atoms with Crippen LogP contribution in [0.3, 0.4) is 0 Å². The maximum Gasteiger partial charge on any atom is 0.267 e. The van der Waals surface area contributed by atoms with Crippen LogP contribution in [0.1, 0.15) is 6.92 Å². The van der Waals surface area contributed by atoms with Crippen LogP contribution in [0.15, 0.2) is 15.6 Å². The maximum atomic E-state index is 11.5. The van der Waals surface area contributed by atoms with Gasteiger partial charge in [0.25, 0.3) is 5.56 Å². The fourth-order valence-corrected chi connectivity index (χ4v) is 2.25. The van der Waals surface area contributed by atoms with Gasteiger partial charge in [0.05, 0.1) is 19.0 Å². The van der Waals surface area contributed by atoms with Crippen LogP contribution in [0.2, 0.25) is 0 Å². The molecule has 2 rings (SSSR count). The van der Waals surface area contributed by atoms with Crippen LogP contribution in [-0.2, 0) is 4.74 Å². The zero-order valence-electron chi connectivity index (χ0n) is 9.52. The number of rotatable bonds is 2. The van der Waals surface area contributed by atoms with Gasteiger partial charge in [-0.3, -0.25) is 4.79 Å². The van der Waals surface area contributed by atoms with Crippen LogP contribution in [0, 0.1) is 0 Å². The Kier molecular flexibility index (Phi) is 3.80. The Hall–Kier alpha value is -0.920. The van der Waals surface area contributed by atoms with Crippen LogP contribution in [0.25, 0.3) is 0 Å². The predicted molar refractivity (Wildman–Crippen MR) is 68.2 cm³/mol. The second kappa shape index (κ2) is 5.16. The molecular weight excluding hydrogens is 288 g/mol. The second-order valence-corrected chi connectivity index (χ2v) is 4.88. The number of aromatic amines is 1. The molecule has 0 spiro atoms. The highest BCUT2D eigenvalue weighted by atomic mass is 79.9. The molecule has 0 aliphatic carbocycles. The second-order valence-electron chi connectivity index (χ2n) is 4.08. The lowest BCUT2D eigenvalue weighted by Gasteiger charge is -2.35. The summed E-state index contributed by atoms with van der Waals surface area (Å²) in [7, 11) is 0. The summed E-state index contributed by atoms with van der Waals surface area (Å²) >= 11 is 3.25. The van der Waals surface area contributed by atoms with Gasteiger partial charge in [-0.1, -0.05) is 0 Å². The summed E-state index contributed by atoms with van der Waals surface area (Å²) in [5.41, 5.74) is 5.64. The summed E-state index contributed by atoms with van der Waals surface area (Å²) in [6.45, 7) is 3.85. The van der Waals surface area contributed by atoms with Gasteiger partial charge in [0, 0.05) is 19.1 Å². The molecule has 17 heavy (non-hydrogen) atoms. The number of ether oxygens (including phenoxy) is 1. The van der Waals surface area contributed by atoms with E-state index in [9.17, 15) is 4.79 Å². The molecular formula is C10H15BrN4O2. The minimum Gasteiger partial charge on any atom is -0.373 e. The highest BCUT2D eigenvalue weighted by Gasteiger charge is 2.25. The molecule has 1 aliphatic heterocycles. The Labute approximate surface area is 107 Å². The lowest BCUT2D eigenvalue weighted by atomic mass is 10.1. The van der Waals surface area contributed by atoms with Crippen molar-refractivity contribution in [2.24, 2.45) is 5.73 Å². The number of morpholine rings is 1. The van der Waals surface area contributed by atoms with Gasteiger partial charge >= 0.3 is 0 Å². The molecule has 2 unspecified atom stereocenters. The van der Waals surface area contributed by atoms with Gasteiger partial charge in [-0.15, -0.1) is 0 Å². The first-order chi connectivity index (χ1) is 8.09. The third kappa shape index (κ3) is 2.67. The molecule has 0 aromatic carbocycles. The Morgan fingerprint density at radius 1 is 1.76 bits per heavy atom. The van der Waals surface area contributed by atoms with Crippen LogP contribution >= 0.6 is 15.9 Å². The average molecular weight is 303 g/mol. The normalized spacial score (nSPS) is 22.5. The maximum absolute atomic E-state index is 11.5. The zero-order valence-corrected chi connectivity index (χ0v) is 11.1. The molecule has 1 saturated heterocycles. The van der Waals surface area contributed by atoms with E-state index in [4.69, 9.17) is 10.5 Å². The van der Waals surface area contributed by atoms with Crippen molar-refractivity contribution in [3.63, 3.8) is 0 Å². The smallest absolute Gasteiger partial charge is 0.267 e. The summed E-state index contributed by atoms with van der Waals surface area (Å²) in [4.78, 5) is 20.2. The lowest BCUT2D eigenvalue weighted by Crippen LogP contribution is -2.50. The minimum atomic E-state index is -0.182. The van der Waals surface area contributed by atoms with Crippen molar-refractivity contribution in [2.45, 2.75) is 19.1 Å². The molecule has 1 fully saturated rings. The van der Waals surface area contributed by atoms with Crippen molar-refractivity contribution in [3.8, 4) is 0 Å². The lowest BCUT2D eigenvalue weighted by molar-refractivity contribution is 0.0273. The van der Waals surface area contributed by atoms with Crippen molar-refractivity contribution >= 4 is 21.7 Å². The number of hydrogen-bond donors (Lipinski definition) is 2. The predicted octanol–water partition coefficient (Wildman–Crippen LogP) is 0.0848.